The molecule has 1 aromatic carbocycles. The van der Waals surface area contributed by atoms with Gasteiger partial charge in [-0.25, -0.2) is 4.98 Å². The van der Waals surface area contributed by atoms with Crippen LogP contribution in [0.1, 0.15) is 30.1 Å². The monoisotopic (exact) mass is 328 g/mol. The minimum absolute atomic E-state index is 0.0197. The second-order valence-corrected chi connectivity index (χ2v) is 5.17. The van der Waals surface area contributed by atoms with E-state index in [2.05, 4.69) is 10.3 Å². The van der Waals surface area contributed by atoms with Gasteiger partial charge in [-0.05, 0) is 43.7 Å². The summed E-state index contributed by atoms with van der Waals surface area (Å²) in [6.45, 7) is 1.94. The molecule has 0 spiro atoms. The van der Waals surface area contributed by atoms with Crippen molar-refractivity contribution in [3.8, 4) is 11.6 Å². The van der Waals surface area contributed by atoms with Gasteiger partial charge in [-0.15, -0.1) is 0 Å². The smallest absolute Gasteiger partial charge is 0.224 e. The average Bonchev–Trinajstić information content (AvgIpc) is 2.60. The first-order valence-corrected chi connectivity index (χ1v) is 7.62. The van der Waals surface area contributed by atoms with Gasteiger partial charge in [0.05, 0.1) is 25.6 Å². The maximum atomic E-state index is 11.8. The van der Waals surface area contributed by atoms with Gasteiger partial charge in [0.1, 0.15) is 5.75 Å². The Labute approximate surface area is 140 Å². The summed E-state index contributed by atoms with van der Waals surface area (Å²) >= 11 is 0. The number of amides is 1. The Morgan fingerprint density at radius 2 is 1.88 bits per heavy atom. The molecule has 1 heterocycles. The number of ether oxygens (including phenoxy) is 2. The van der Waals surface area contributed by atoms with E-state index in [0.29, 0.717) is 42.3 Å². The molecule has 1 aromatic heterocycles. The zero-order chi connectivity index (χ0) is 17.4. The van der Waals surface area contributed by atoms with Gasteiger partial charge in [0.15, 0.2) is 5.78 Å². The van der Waals surface area contributed by atoms with E-state index in [1.165, 1.54) is 14.0 Å². The minimum Gasteiger partial charge on any atom is -0.494 e. The molecule has 0 saturated carbocycles. The Kier molecular flexibility index (Phi) is 6.31. The summed E-state index contributed by atoms with van der Waals surface area (Å²) in [7, 11) is 1.54. The van der Waals surface area contributed by atoms with Crippen molar-refractivity contribution in [3.63, 3.8) is 0 Å². The molecular weight excluding hydrogens is 308 g/mol. The van der Waals surface area contributed by atoms with E-state index in [1.54, 1.807) is 42.6 Å². The van der Waals surface area contributed by atoms with Crippen LogP contribution in [-0.4, -0.2) is 30.4 Å². The predicted octanol–water partition coefficient (Wildman–Crippen LogP) is 3.09. The molecule has 0 saturated heterocycles. The molecule has 126 valence electrons. The number of hydrogen-bond donors (Lipinski definition) is 1. The van der Waals surface area contributed by atoms with Crippen molar-refractivity contribution in [2.45, 2.75) is 19.8 Å². The summed E-state index contributed by atoms with van der Waals surface area (Å²) in [4.78, 5) is 27.0. The van der Waals surface area contributed by atoms with Crippen LogP contribution in [0.4, 0.5) is 5.69 Å². The molecule has 0 bridgehead atoms. The molecule has 0 fully saturated rings. The fraction of sp³-hybridized carbons (Fsp3) is 0.278. The summed E-state index contributed by atoms with van der Waals surface area (Å²) < 4.78 is 10.5. The second kappa shape index (κ2) is 8.67. The third-order valence-corrected chi connectivity index (χ3v) is 3.31. The van der Waals surface area contributed by atoms with E-state index in [-0.39, 0.29) is 11.7 Å². The Hall–Kier alpha value is -2.89. The van der Waals surface area contributed by atoms with Gasteiger partial charge in [0.25, 0.3) is 0 Å². The number of nitrogens with one attached hydrogen (secondary N) is 1. The first kappa shape index (κ1) is 17.5. The van der Waals surface area contributed by atoms with Crippen molar-refractivity contribution in [2.24, 2.45) is 0 Å². The summed E-state index contributed by atoms with van der Waals surface area (Å²) in [5.74, 6) is 1.10. The van der Waals surface area contributed by atoms with Crippen molar-refractivity contribution in [2.75, 3.05) is 19.0 Å². The van der Waals surface area contributed by atoms with E-state index >= 15 is 0 Å². The molecule has 6 heteroatoms. The third kappa shape index (κ3) is 5.39. The van der Waals surface area contributed by atoms with Crippen molar-refractivity contribution in [1.29, 1.82) is 0 Å². The maximum absolute atomic E-state index is 11.8. The van der Waals surface area contributed by atoms with E-state index in [4.69, 9.17) is 9.47 Å². The van der Waals surface area contributed by atoms with Crippen LogP contribution in [0.25, 0.3) is 0 Å². The molecule has 0 radical (unpaired) electrons. The summed E-state index contributed by atoms with van der Waals surface area (Å²) in [6.07, 6.45) is 2.48. The number of aromatic nitrogens is 1. The largest absolute Gasteiger partial charge is 0.494 e. The molecule has 1 N–H and O–H groups in total. The van der Waals surface area contributed by atoms with Gasteiger partial charge in [-0.3, -0.25) is 9.59 Å². The zero-order valence-corrected chi connectivity index (χ0v) is 13.7. The lowest BCUT2D eigenvalue weighted by Gasteiger charge is -2.07. The molecule has 0 aliphatic rings. The van der Waals surface area contributed by atoms with E-state index in [0.717, 1.165) is 0 Å². The number of methoxy groups -OCH3 is 1. The molecule has 0 aliphatic heterocycles. The molecule has 0 atom stereocenters. The number of Topliss-reactive ketones (excluding diaryl/α,β-unsaturated/α-hetero) is 1. The van der Waals surface area contributed by atoms with Gasteiger partial charge in [-0.1, -0.05) is 0 Å². The van der Waals surface area contributed by atoms with E-state index < -0.39 is 0 Å². The van der Waals surface area contributed by atoms with E-state index in [1.807, 2.05) is 0 Å². The van der Waals surface area contributed by atoms with Gasteiger partial charge in [0.2, 0.25) is 11.8 Å². The average molecular weight is 328 g/mol. The normalized spacial score (nSPS) is 10.1. The number of benzene rings is 1. The SMILES string of the molecule is COc1ccc(NC(=O)CCCOc2ccc(C(C)=O)cc2)cn1. The van der Waals surface area contributed by atoms with Crippen molar-refractivity contribution in [1.82, 2.24) is 4.98 Å². The van der Waals surface area contributed by atoms with Crippen molar-refractivity contribution in [3.05, 3.63) is 48.2 Å². The fourth-order valence-electron chi connectivity index (χ4n) is 2.01. The Bertz CT molecular complexity index is 681. The quantitative estimate of drug-likeness (QED) is 0.595. The van der Waals surface area contributed by atoms with Crippen LogP contribution in [0.15, 0.2) is 42.6 Å². The lowest BCUT2D eigenvalue weighted by molar-refractivity contribution is -0.116. The number of anilines is 1. The highest BCUT2D eigenvalue weighted by Crippen LogP contribution is 2.14. The highest BCUT2D eigenvalue weighted by atomic mass is 16.5. The fourth-order valence-corrected chi connectivity index (χ4v) is 2.01. The summed E-state index contributed by atoms with van der Waals surface area (Å²) in [5, 5.41) is 2.76. The molecular formula is C18H20N2O4. The van der Waals surface area contributed by atoms with Gasteiger partial charge in [0, 0.05) is 18.1 Å². The molecule has 6 nitrogen and oxygen atoms in total. The maximum Gasteiger partial charge on any atom is 0.224 e. The Morgan fingerprint density at radius 1 is 1.12 bits per heavy atom. The van der Waals surface area contributed by atoms with Crippen LogP contribution in [0.3, 0.4) is 0 Å². The zero-order valence-electron chi connectivity index (χ0n) is 13.7. The van der Waals surface area contributed by atoms with Crippen LogP contribution in [0, 0.1) is 0 Å². The van der Waals surface area contributed by atoms with Crippen molar-refractivity contribution < 1.29 is 19.1 Å². The number of nitrogens with zero attached hydrogens (tertiary/aromatic N) is 1. The topological polar surface area (TPSA) is 77.5 Å². The lowest BCUT2D eigenvalue weighted by Crippen LogP contribution is -2.13. The Balaban J connectivity index is 1.69. The predicted molar refractivity (Wildman–Crippen MR) is 90.6 cm³/mol. The van der Waals surface area contributed by atoms with Gasteiger partial charge < -0.3 is 14.8 Å². The summed E-state index contributed by atoms with van der Waals surface area (Å²) in [5.41, 5.74) is 1.27. The highest BCUT2D eigenvalue weighted by Gasteiger charge is 2.04. The number of carbonyl (C=O) groups excluding carboxylic acids is 2. The molecule has 2 rings (SSSR count). The number of pyridine rings is 1. The third-order valence-electron chi connectivity index (χ3n) is 3.31. The van der Waals surface area contributed by atoms with Crippen molar-refractivity contribution >= 4 is 17.4 Å². The first-order valence-electron chi connectivity index (χ1n) is 7.62. The van der Waals surface area contributed by atoms with Crippen LogP contribution in [0.5, 0.6) is 11.6 Å². The van der Waals surface area contributed by atoms with Crippen LogP contribution < -0.4 is 14.8 Å². The molecule has 0 unspecified atom stereocenters. The molecule has 0 aliphatic carbocycles. The second-order valence-electron chi connectivity index (χ2n) is 5.17. The minimum atomic E-state index is -0.0995. The van der Waals surface area contributed by atoms with Crippen LogP contribution in [0.2, 0.25) is 0 Å². The number of rotatable bonds is 8. The standard InChI is InChI=1S/C18H20N2O4/c1-13(21)14-5-8-16(9-6-14)24-11-3-4-17(22)20-15-7-10-18(23-2)19-12-15/h5-10,12H,3-4,11H2,1-2H3,(H,20,22). The summed E-state index contributed by atoms with van der Waals surface area (Å²) in [6, 6.07) is 10.4. The van der Waals surface area contributed by atoms with Crippen LogP contribution >= 0.6 is 0 Å². The molecule has 1 amide bonds. The van der Waals surface area contributed by atoms with Crippen LogP contribution in [-0.2, 0) is 4.79 Å². The molecule has 2 aromatic rings. The number of ketones is 1. The lowest BCUT2D eigenvalue weighted by atomic mass is 10.1. The highest BCUT2D eigenvalue weighted by molar-refractivity contribution is 5.94. The van der Waals surface area contributed by atoms with Gasteiger partial charge >= 0.3 is 0 Å². The number of hydrogen-bond acceptors (Lipinski definition) is 5. The molecule has 24 heavy (non-hydrogen) atoms. The first-order chi connectivity index (χ1) is 11.6. The van der Waals surface area contributed by atoms with Gasteiger partial charge in [-0.2, -0.15) is 0 Å². The number of carbonyl (C=O) groups is 2. The Morgan fingerprint density at radius 3 is 2.46 bits per heavy atom. The van der Waals surface area contributed by atoms with E-state index in [9.17, 15) is 9.59 Å².